The largest absolute Gasteiger partial charge is 0.472 e. The molecule has 0 radical (unpaired) electrons. The molecule has 10 heteroatoms. The molecule has 1 amide bonds. The zero-order chi connectivity index (χ0) is 55.7. The Morgan fingerprint density at radius 1 is 0.474 bits per heavy atom. The van der Waals surface area contributed by atoms with Crippen LogP contribution in [0.3, 0.4) is 0 Å². The number of carbonyl (C=O) groups is 2. The van der Waals surface area contributed by atoms with E-state index >= 15 is 0 Å². The molecule has 0 aliphatic rings. The Hall–Kier alpha value is -2.03. The summed E-state index contributed by atoms with van der Waals surface area (Å²) < 4.78 is 30.7. The van der Waals surface area contributed by atoms with Gasteiger partial charge in [0.1, 0.15) is 19.3 Å². The minimum Gasteiger partial charge on any atom is -0.456 e. The number of nitrogens with one attached hydrogen (secondary N) is 1. The summed E-state index contributed by atoms with van der Waals surface area (Å²) in [6, 6.07) is -0.852. The molecule has 0 fully saturated rings. The standard InChI is InChI=1S/C66H125N2O7P/c1-7-10-13-16-19-22-25-28-30-31-32-33-34-35-36-37-39-41-44-47-50-53-56-59-66(70)75-64(57-54-51-48-45-42-27-24-21-18-15-12-9-3)63(62-74-76(71,72)73-61-60-68(4,5)6)67-65(69)58-55-52-49-46-43-40-38-29-26-23-20-17-14-11-8-2/h11,14,17,20,23,26,54,57,63-64H,7-10,12-13,15-16,18-19,21-22,24-25,27-53,55-56,58-62H2,1-6H3,(H-,67,69,71,72)/p+1/b14-11+,20-17+,26-23+,57-54-. The van der Waals surface area contributed by atoms with Crippen molar-refractivity contribution in [2.45, 2.75) is 322 Å². The lowest BCUT2D eigenvalue weighted by Crippen LogP contribution is -2.47. The Bertz CT molecular complexity index is 1440. The number of ether oxygens (including phenoxy) is 1. The number of nitrogens with zero attached hydrogens (tertiary/aromatic N) is 1. The van der Waals surface area contributed by atoms with E-state index in [1.54, 1.807) is 0 Å². The van der Waals surface area contributed by atoms with Gasteiger partial charge in [-0.25, -0.2) is 4.57 Å². The van der Waals surface area contributed by atoms with Gasteiger partial charge in [0.2, 0.25) is 5.91 Å². The average Bonchev–Trinajstić information content (AvgIpc) is 3.38. The smallest absolute Gasteiger partial charge is 0.456 e. The molecular formula is C66H126N2O7P+. The van der Waals surface area contributed by atoms with Crippen LogP contribution in [0.5, 0.6) is 0 Å². The van der Waals surface area contributed by atoms with Gasteiger partial charge >= 0.3 is 13.8 Å². The fourth-order valence-corrected chi connectivity index (χ4v) is 10.3. The monoisotopic (exact) mass is 1090 g/mol. The van der Waals surface area contributed by atoms with Crippen molar-refractivity contribution < 1.29 is 37.3 Å². The van der Waals surface area contributed by atoms with Gasteiger partial charge in [-0.3, -0.25) is 18.6 Å². The zero-order valence-corrected chi connectivity index (χ0v) is 51.9. The van der Waals surface area contributed by atoms with E-state index in [0.717, 1.165) is 77.0 Å². The van der Waals surface area contributed by atoms with Gasteiger partial charge in [-0.2, -0.15) is 0 Å². The molecule has 0 bridgehead atoms. The van der Waals surface area contributed by atoms with Crippen LogP contribution in [0, 0.1) is 0 Å². The molecule has 76 heavy (non-hydrogen) atoms. The number of unbranched alkanes of at least 4 members (excludes halogenated alkanes) is 39. The van der Waals surface area contributed by atoms with Gasteiger partial charge in [0.25, 0.3) is 0 Å². The molecule has 2 N–H and O–H groups in total. The molecule has 0 saturated carbocycles. The summed E-state index contributed by atoms with van der Waals surface area (Å²) in [5.74, 6) is -0.507. The van der Waals surface area contributed by atoms with Gasteiger partial charge in [0.05, 0.1) is 33.8 Å². The van der Waals surface area contributed by atoms with Gasteiger partial charge in [-0.15, -0.1) is 0 Å². The molecule has 0 aliphatic heterocycles. The summed E-state index contributed by atoms with van der Waals surface area (Å²) in [7, 11) is 1.49. The van der Waals surface area contributed by atoms with Gasteiger partial charge in [-0.1, -0.05) is 294 Å². The molecule has 0 aromatic carbocycles. The Kier molecular flexibility index (Phi) is 54.7. The van der Waals surface area contributed by atoms with Crippen molar-refractivity contribution in [2.75, 3.05) is 40.9 Å². The SMILES string of the molecule is CC/C=C/C=C/C=C/CCCCCCCCCC(=O)NC(COP(=O)(O)OCC[N+](C)(C)C)C(/C=C\CCCCCCCCCCCC)OC(=O)CCCCCCCCCCCCCCCCCCCCCCCCC. The molecule has 0 heterocycles. The number of esters is 1. The second kappa shape index (κ2) is 56.3. The lowest BCUT2D eigenvalue weighted by molar-refractivity contribution is -0.870. The third-order valence-electron chi connectivity index (χ3n) is 14.6. The van der Waals surface area contributed by atoms with Gasteiger partial charge < -0.3 is 19.4 Å². The van der Waals surface area contributed by atoms with Crippen molar-refractivity contribution in [3.63, 3.8) is 0 Å². The predicted molar refractivity (Wildman–Crippen MR) is 328 cm³/mol. The molecule has 9 nitrogen and oxygen atoms in total. The number of likely N-dealkylation sites (N-methyl/N-ethyl adjacent to an activating group) is 1. The summed E-state index contributed by atoms with van der Waals surface area (Å²) in [5, 5.41) is 3.05. The Labute approximate surface area is 471 Å². The van der Waals surface area contributed by atoms with E-state index in [-0.39, 0.29) is 25.1 Å². The van der Waals surface area contributed by atoms with Crippen molar-refractivity contribution in [1.82, 2.24) is 5.32 Å². The first-order valence-electron chi connectivity index (χ1n) is 32.5. The van der Waals surface area contributed by atoms with Crippen molar-refractivity contribution in [3.05, 3.63) is 48.6 Å². The molecule has 0 rings (SSSR count). The maximum atomic E-state index is 13.5. The second-order valence-corrected chi connectivity index (χ2v) is 24.8. The average molecular weight is 1090 g/mol. The molecule has 0 saturated heterocycles. The van der Waals surface area contributed by atoms with Crippen LogP contribution in [-0.2, 0) is 27.9 Å². The molecule has 0 spiro atoms. The number of carbonyl (C=O) groups excluding carboxylic acids is 2. The number of hydrogen-bond acceptors (Lipinski definition) is 6. The molecule has 3 unspecified atom stereocenters. The summed E-state index contributed by atoms with van der Waals surface area (Å²) in [6.07, 6.45) is 69.8. The van der Waals surface area contributed by atoms with Crippen LogP contribution in [0.25, 0.3) is 0 Å². The fraction of sp³-hybridized carbons (Fsp3) is 0.848. The van der Waals surface area contributed by atoms with E-state index in [9.17, 15) is 19.0 Å². The summed E-state index contributed by atoms with van der Waals surface area (Å²) >= 11 is 0. The number of hydrogen-bond donors (Lipinski definition) is 2. The van der Waals surface area contributed by atoms with E-state index in [1.165, 1.54) is 199 Å². The van der Waals surface area contributed by atoms with Gasteiger partial charge in [-0.05, 0) is 51.0 Å². The van der Waals surface area contributed by atoms with E-state index in [4.69, 9.17) is 13.8 Å². The van der Waals surface area contributed by atoms with Crippen LogP contribution in [0.4, 0.5) is 0 Å². The highest BCUT2D eigenvalue weighted by molar-refractivity contribution is 7.47. The number of rotatable bonds is 59. The van der Waals surface area contributed by atoms with Crippen molar-refractivity contribution >= 4 is 19.7 Å². The van der Waals surface area contributed by atoms with Crippen molar-refractivity contribution in [2.24, 2.45) is 0 Å². The number of quaternary nitrogens is 1. The lowest BCUT2D eigenvalue weighted by atomic mass is 10.0. The van der Waals surface area contributed by atoms with E-state index in [1.807, 2.05) is 33.3 Å². The van der Waals surface area contributed by atoms with Crippen LogP contribution in [-0.4, -0.2) is 74.3 Å². The predicted octanol–water partition coefficient (Wildman–Crippen LogP) is 20.1. The molecular weight excluding hydrogens is 964 g/mol. The third-order valence-corrected chi connectivity index (χ3v) is 15.6. The molecule has 0 aliphatic carbocycles. The van der Waals surface area contributed by atoms with Crippen LogP contribution >= 0.6 is 7.82 Å². The van der Waals surface area contributed by atoms with E-state index in [2.05, 4.69) is 62.5 Å². The summed E-state index contributed by atoms with van der Waals surface area (Å²) in [5.41, 5.74) is 0. The number of phosphoric acid groups is 1. The maximum absolute atomic E-state index is 13.5. The fourth-order valence-electron chi connectivity index (χ4n) is 9.59. The van der Waals surface area contributed by atoms with Crippen molar-refractivity contribution in [3.8, 4) is 0 Å². The first-order valence-corrected chi connectivity index (χ1v) is 34.0. The lowest BCUT2D eigenvalue weighted by Gasteiger charge is -2.27. The first kappa shape index (κ1) is 74.0. The Morgan fingerprint density at radius 2 is 0.842 bits per heavy atom. The first-order chi connectivity index (χ1) is 36.9. The summed E-state index contributed by atoms with van der Waals surface area (Å²) in [6.45, 7) is 6.91. The van der Waals surface area contributed by atoms with Crippen LogP contribution in [0.1, 0.15) is 310 Å². The van der Waals surface area contributed by atoms with Gasteiger partial charge in [0.15, 0.2) is 0 Å². The maximum Gasteiger partial charge on any atom is 0.472 e. The van der Waals surface area contributed by atoms with E-state index < -0.39 is 20.0 Å². The number of amides is 1. The molecule has 0 aromatic heterocycles. The number of phosphoric ester groups is 1. The highest BCUT2D eigenvalue weighted by atomic mass is 31.2. The van der Waals surface area contributed by atoms with Crippen LogP contribution < -0.4 is 5.32 Å². The number of allylic oxidation sites excluding steroid dienone is 7. The normalized spacial score (nSPS) is 13.9. The molecule has 0 aromatic rings. The van der Waals surface area contributed by atoms with Crippen LogP contribution in [0.2, 0.25) is 0 Å². The highest BCUT2D eigenvalue weighted by Crippen LogP contribution is 2.43. The molecule has 446 valence electrons. The minimum atomic E-state index is -4.45. The van der Waals surface area contributed by atoms with Gasteiger partial charge in [0, 0.05) is 12.8 Å². The quantitative estimate of drug-likeness (QED) is 0.0156. The third kappa shape index (κ3) is 56.7. The second-order valence-electron chi connectivity index (χ2n) is 23.3. The molecule has 3 atom stereocenters. The van der Waals surface area contributed by atoms with Crippen molar-refractivity contribution in [1.29, 1.82) is 0 Å². The Balaban J connectivity index is 5.12. The zero-order valence-electron chi connectivity index (χ0n) is 51.0. The Morgan fingerprint density at radius 3 is 1.25 bits per heavy atom. The topological polar surface area (TPSA) is 111 Å². The highest BCUT2D eigenvalue weighted by Gasteiger charge is 2.30. The van der Waals surface area contributed by atoms with E-state index in [0.29, 0.717) is 23.9 Å². The van der Waals surface area contributed by atoms with Crippen LogP contribution in [0.15, 0.2) is 48.6 Å². The summed E-state index contributed by atoms with van der Waals surface area (Å²) in [4.78, 5) is 37.7. The minimum absolute atomic E-state index is 0.0386.